The number of hydrogen-bond acceptors (Lipinski definition) is 3. The molecule has 0 fully saturated rings. The van der Waals surface area contributed by atoms with Gasteiger partial charge in [0.15, 0.2) is 5.60 Å². The van der Waals surface area contributed by atoms with Crippen LogP contribution in [-0.2, 0) is 16.0 Å². The minimum absolute atomic E-state index is 0.220. The second-order valence-corrected chi connectivity index (χ2v) is 4.92. The van der Waals surface area contributed by atoms with Crippen molar-refractivity contribution in [1.82, 2.24) is 5.32 Å². The molecule has 0 aromatic heterocycles. The van der Waals surface area contributed by atoms with E-state index in [1.807, 2.05) is 12.1 Å². The van der Waals surface area contributed by atoms with Crippen LogP contribution in [0.25, 0.3) is 0 Å². The normalized spacial score (nSPS) is 13.6. The van der Waals surface area contributed by atoms with Crippen LogP contribution in [-0.4, -0.2) is 34.2 Å². The summed E-state index contributed by atoms with van der Waals surface area (Å²) in [6.07, 6.45) is 0.746. The first kappa shape index (κ1) is 15.5. The van der Waals surface area contributed by atoms with Gasteiger partial charge in [-0.25, -0.2) is 4.79 Å². The first-order chi connectivity index (χ1) is 8.81. The fourth-order valence-electron chi connectivity index (χ4n) is 1.34. The van der Waals surface area contributed by atoms with Crippen molar-refractivity contribution in [2.24, 2.45) is 0 Å². The van der Waals surface area contributed by atoms with E-state index in [4.69, 9.17) is 16.7 Å². The molecule has 19 heavy (non-hydrogen) atoms. The molecule has 1 atom stereocenters. The molecule has 0 radical (unpaired) electrons. The fraction of sp³-hybridized carbons (Fsp3) is 0.385. The van der Waals surface area contributed by atoms with Crippen LogP contribution in [0.5, 0.6) is 0 Å². The summed E-state index contributed by atoms with van der Waals surface area (Å²) in [5.41, 5.74) is -0.986. The van der Waals surface area contributed by atoms with Gasteiger partial charge in [-0.2, -0.15) is 0 Å². The van der Waals surface area contributed by atoms with E-state index in [1.165, 1.54) is 0 Å². The van der Waals surface area contributed by atoms with Crippen LogP contribution < -0.4 is 5.32 Å². The largest absolute Gasteiger partial charge is 0.479 e. The predicted molar refractivity (Wildman–Crippen MR) is 71.0 cm³/mol. The first-order valence-electron chi connectivity index (χ1n) is 5.78. The SMILES string of the molecule is CC(O)(CNC(=O)CCc1ccc(Cl)cc1)C(=O)O. The van der Waals surface area contributed by atoms with Gasteiger partial charge in [-0.3, -0.25) is 4.79 Å². The molecule has 0 spiro atoms. The zero-order valence-corrected chi connectivity index (χ0v) is 11.3. The Bertz CT molecular complexity index is 456. The second kappa shape index (κ2) is 6.54. The molecule has 5 nitrogen and oxygen atoms in total. The number of halogens is 1. The Morgan fingerprint density at radius 3 is 2.42 bits per heavy atom. The predicted octanol–water partition coefficient (Wildman–Crippen LogP) is 1.22. The monoisotopic (exact) mass is 285 g/mol. The van der Waals surface area contributed by atoms with Gasteiger partial charge in [0, 0.05) is 11.4 Å². The highest BCUT2D eigenvalue weighted by atomic mass is 35.5. The smallest absolute Gasteiger partial charge is 0.337 e. The van der Waals surface area contributed by atoms with Crippen LogP contribution >= 0.6 is 11.6 Å². The van der Waals surface area contributed by atoms with Gasteiger partial charge in [-0.1, -0.05) is 23.7 Å². The number of rotatable bonds is 6. The van der Waals surface area contributed by atoms with Crippen molar-refractivity contribution < 1.29 is 19.8 Å². The van der Waals surface area contributed by atoms with E-state index in [0.717, 1.165) is 12.5 Å². The molecule has 1 amide bonds. The number of amides is 1. The average molecular weight is 286 g/mol. The van der Waals surface area contributed by atoms with Gasteiger partial charge in [-0.05, 0) is 31.0 Å². The molecule has 6 heteroatoms. The van der Waals surface area contributed by atoms with Crippen molar-refractivity contribution in [3.8, 4) is 0 Å². The number of carbonyl (C=O) groups excluding carboxylic acids is 1. The van der Waals surface area contributed by atoms with E-state index >= 15 is 0 Å². The van der Waals surface area contributed by atoms with Gasteiger partial charge in [0.05, 0.1) is 6.54 Å². The number of carboxylic acid groups (broad SMARTS) is 1. The molecule has 0 saturated carbocycles. The molecule has 1 rings (SSSR count). The van der Waals surface area contributed by atoms with Gasteiger partial charge in [0.1, 0.15) is 0 Å². The Labute approximate surface area is 116 Å². The third-order valence-electron chi connectivity index (χ3n) is 2.64. The second-order valence-electron chi connectivity index (χ2n) is 4.48. The molecule has 0 aliphatic heterocycles. The summed E-state index contributed by atoms with van der Waals surface area (Å²) in [5.74, 6) is -1.68. The van der Waals surface area contributed by atoms with Crippen molar-refractivity contribution >= 4 is 23.5 Å². The van der Waals surface area contributed by atoms with Crippen molar-refractivity contribution in [1.29, 1.82) is 0 Å². The highest BCUT2D eigenvalue weighted by Gasteiger charge is 2.30. The molecule has 3 N–H and O–H groups in total. The van der Waals surface area contributed by atoms with E-state index in [-0.39, 0.29) is 18.9 Å². The van der Waals surface area contributed by atoms with Gasteiger partial charge in [-0.15, -0.1) is 0 Å². The zero-order valence-electron chi connectivity index (χ0n) is 10.5. The number of carbonyl (C=O) groups is 2. The van der Waals surface area contributed by atoms with Gasteiger partial charge in [0.2, 0.25) is 5.91 Å². The van der Waals surface area contributed by atoms with Crippen molar-refractivity contribution in [3.63, 3.8) is 0 Å². The summed E-state index contributed by atoms with van der Waals surface area (Å²) >= 11 is 5.74. The summed E-state index contributed by atoms with van der Waals surface area (Å²) in [5, 5.41) is 21.1. The highest BCUT2D eigenvalue weighted by Crippen LogP contribution is 2.11. The molecule has 0 heterocycles. The molecule has 1 aromatic carbocycles. The first-order valence-corrected chi connectivity index (χ1v) is 6.16. The maximum atomic E-state index is 11.5. The Morgan fingerprint density at radius 2 is 1.89 bits per heavy atom. The van der Waals surface area contributed by atoms with Crippen LogP contribution in [0, 0.1) is 0 Å². The van der Waals surface area contributed by atoms with Gasteiger partial charge < -0.3 is 15.5 Å². The third kappa shape index (κ3) is 5.28. The molecule has 0 aliphatic carbocycles. The lowest BCUT2D eigenvalue weighted by Crippen LogP contribution is -2.46. The Kier molecular flexibility index (Phi) is 5.32. The van der Waals surface area contributed by atoms with Crippen molar-refractivity contribution in [2.75, 3.05) is 6.54 Å². The minimum Gasteiger partial charge on any atom is -0.479 e. The number of benzene rings is 1. The Hall–Kier alpha value is -1.59. The maximum Gasteiger partial charge on any atom is 0.337 e. The Morgan fingerprint density at radius 1 is 1.32 bits per heavy atom. The molecule has 0 bridgehead atoms. The van der Waals surface area contributed by atoms with E-state index in [1.54, 1.807) is 12.1 Å². The van der Waals surface area contributed by atoms with Gasteiger partial charge in [0.25, 0.3) is 0 Å². The van der Waals surface area contributed by atoms with E-state index < -0.39 is 11.6 Å². The van der Waals surface area contributed by atoms with Crippen LogP contribution in [0.1, 0.15) is 18.9 Å². The molecule has 0 saturated heterocycles. The van der Waals surface area contributed by atoms with Crippen molar-refractivity contribution in [2.45, 2.75) is 25.4 Å². The van der Waals surface area contributed by atoms with E-state index in [9.17, 15) is 14.7 Å². The van der Waals surface area contributed by atoms with Crippen LogP contribution in [0.3, 0.4) is 0 Å². The molecule has 104 valence electrons. The summed E-state index contributed by atoms with van der Waals surface area (Å²) in [7, 11) is 0. The summed E-state index contributed by atoms with van der Waals surface area (Å²) in [6, 6.07) is 7.13. The van der Waals surface area contributed by atoms with Crippen LogP contribution in [0.2, 0.25) is 5.02 Å². The molecular formula is C13H16ClNO4. The van der Waals surface area contributed by atoms with E-state index in [0.29, 0.717) is 11.4 Å². The molecule has 1 aromatic rings. The number of aliphatic carboxylic acids is 1. The zero-order chi connectivity index (χ0) is 14.5. The lowest BCUT2D eigenvalue weighted by molar-refractivity contribution is -0.156. The van der Waals surface area contributed by atoms with Crippen LogP contribution in [0.15, 0.2) is 24.3 Å². The number of aliphatic hydroxyl groups is 1. The number of nitrogens with one attached hydrogen (secondary N) is 1. The van der Waals surface area contributed by atoms with Crippen LogP contribution in [0.4, 0.5) is 0 Å². The minimum atomic E-state index is -1.95. The topological polar surface area (TPSA) is 86.6 Å². The number of aryl methyl sites for hydroxylation is 1. The number of hydrogen-bond donors (Lipinski definition) is 3. The highest BCUT2D eigenvalue weighted by molar-refractivity contribution is 6.30. The maximum absolute atomic E-state index is 11.5. The summed E-state index contributed by atoms with van der Waals surface area (Å²) < 4.78 is 0. The summed E-state index contributed by atoms with van der Waals surface area (Å²) in [6.45, 7) is 0.816. The quantitative estimate of drug-likeness (QED) is 0.733. The number of carboxylic acids is 1. The molecule has 1 unspecified atom stereocenters. The Balaban J connectivity index is 2.36. The fourth-order valence-corrected chi connectivity index (χ4v) is 1.47. The van der Waals surface area contributed by atoms with Crippen molar-refractivity contribution in [3.05, 3.63) is 34.9 Å². The summed E-state index contributed by atoms with van der Waals surface area (Å²) in [4.78, 5) is 22.1. The lowest BCUT2D eigenvalue weighted by Gasteiger charge is -2.18. The molecular weight excluding hydrogens is 270 g/mol. The average Bonchev–Trinajstić information content (AvgIpc) is 2.35. The molecule has 0 aliphatic rings. The lowest BCUT2D eigenvalue weighted by atomic mass is 10.1. The standard InChI is InChI=1S/C13H16ClNO4/c1-13(19,12(17)18)8-15-11(16)7-4-9-2-5-10(14)6-3-9/h2-3,5-6,19H,4,7-8H2,1H3,(H,15,16)(H,17,18). The third-order valence-corrected chi connectivity index (χ3v) is 2.90. The van der Waals surface area contributed by atoms with E-state index in [2.05, 4.69) is 5.32 Å². The van der Waals surface area contributed by atoms with Gasteiger partial charge >= 0.3 is 5.97 Å².